The van der Waals surface area contributed by atoms with Gasteiger partial charge < -0.3 is 10.2 Å². The predicted octanol–water partition coefficient (Wildman–Crippen LogP) is 5.24. The van der Waals surface area contributed by atoms with Crippen LogP contribution in [0.2, 0.25) is 5.02 Å². The molecule has 4 aromatic rings. The van der Waals surface area contributed by atoms with E-state index in [4.69, 9.17) is 11.6 Å². The van der Waals surface area contributed by atoms with Gasteiger partial charge in [0.05, 0.1) is 41.0 Å². The van der Waals surface area contributed by atoms with Crippen LogP contribution >= 0.6 is 11.6 Å². The molecule has 1 aromatic carbocycles. The lowest BCUT2D eigenvalue weighted by Crippen LogP contribution is -2.38. The fraction of sp³-hybridized carbons (Fsp3) is 0.280. The molecule has 0 aliphatic carbocycles. The highest BCUT2D eigenvalue weighted by atomic mass is 35.5. The molecule has 13 heteroatoms. The number of hydrogen-bond donors (Lipinski definition) is 1. The van der Waals surface area contributed by atoms with Gasteiger partial charge in [0.1, 0.15) is 5.69 Å². The van der Waals surface area contributed by atoms with Crippen LogP contribution in [0.1, 0.15) is 53.1 Å². The van der Waals surface area contributed by atoms with E-state index in [0.29, 0.717) is 11.6 Å². The van der Waals surface area contributed by atoms with Crippen LogP contribution < -0.4 is 10.2 Å². The Morgan fingerprint density at radius 1 is 1.11 bits per heavy atom. The third kappa shape index (κ3) is 4.91. The number of halogens is 4. The Bertz CT molecular complexity index is 1510. The van der Waals surface area contributed by atoms with Crippen LogP contribution in [0.15, 0.2) is 43.1 Å². The molecular formula is C25H22ClF3N8O. The maximum Gasteiger partial charge on any atom is 0.275 e. The minimum atomic E-state index is -2.98. The summed E-state index contributed by atoms with van der Waals surface area (Å²) in [5.74, 6) is -1.03. The van der Waals surface area contributed by atoms with Gasteiger partial charge in [-0.25, -0.2) is 28.1 Å². The van der Waals surface area contributed by atoms with Gasteiger partial charge in [0.15, 0.2) is 5.82 Å². The van der Waals surface area contributed by atoms with Crippen molar-refractivity contribution in [3.8, 4) is 11.3 Å². The molecule has 5 rings (SSSR count). The summed E-state index contributed by atoms with van der Waals surface area (Å²) in [7, 11) is 0. The molecule has 4 heterocycles. The normalized spacial score (nSPS) is 13.9. The second-order valence-corrected chi connectivity index (χ2v) is 9.21. The summed E-state index contributed by atoms with van der Waals surface area (Å²) in [5, 5.41) is 6.64. The Morgan fingerprint density at radius 3 is 2.58 bits per heavy atom. The van der Waals surface area contributed by atoms with Crippen LogP contribution in [0.25, 0.3) is 11.3 Å². The van der Waals surface area contributed by atoms with Crippen molar-refractivity contribution in [2.24, 2.45) is 0 Å². The average molecular weight is 543 g/mol. The molecule has 1 amide bonds. The van der Waals surface area contributed by atoms with E-state index in [9.17, 15) is 18.0 Å². The first-order valence-corrected chi connectivity index (χ1v) is 12.1. The van der Waals surface area contributed by atoms with Crippen molar-refractivity contribution in [1.29, 1.82) is 0 Å². The molecule has 1 saturated heterocycles. The molecule has 1 fully saturated rings. The first kappa shape index (κ1) is 25.6. The van der Waals surface area contributed by atoms with Gasteiger partial charge in [-0.1, -0.05) is 17.7 Å². The van der Waals surface area contributed by atoms with Crippen LogP contribution in [0.5, 0.6) is 0 Å². The highest BCUT2D eigenvalue weighted by Crippen LogP contribution is 2.35. The smallest absolute Gasteiger partial charge is 0.275 e. The van der Waals surface area contributed by atoms with Crippen molar-refractivity contribution in [2.75, 3.05) is 23.3 Å². The number of hydrogen-bond acceptors (Lipinski definition) is 7. The largest absolute Gasteiger partial charge is 0.341 e. The monoisotopic (exact) mass is 542 g/mol. The van der Waals surface area contributed by atoms with Crippen LogP contribution in [-0.4, -0.2) is 48.7 Å². The number of nitrogens with one attached hydrogen (secondary N) is 1. The van der Waals surface area contributed by atoms with Crippen LogP contribution in [0.3, 0.4) is 0 Å². The van der Waals surface area contributed by atoms with Gasteiger partial charge in [0.25, 0.3) is 12.3 Å². The van der Waals surface area contributed by atoms with E-state index in [2.05, 4.69) is 35.3 Å². The van der Waals surface area contributed by atoms with Crippen LogP contribution in [0.4, 0.5) is 24.8 Å². The summed E-state index contributed by atoms with van der Waals surface area (Å²) in [5.41, 5.74) is 0.529. The number of alkyl halides is 2. The fourth-order valence-electron chi connectivity index (χ4n) is 4.10. The molecule has 1 N–H and O–H groups in total. The number of aromatic nitrogens is 6. The van der Waals surface area contributed by atoms with Crippen molar-refractivity contribution in [3.05, 3.63) is 76.5 Å². The second-order valence-electron chi connectivity index (χ2n) is 8.81. The first-order chi connectivity index (χ1) is 18.2. The number of aryl methyl sites for hydroxylation is 1. The van der Waals surface area contributed by atoms with Gasteiger partial charge >= 0.3 is 0 Å². The molecule has 196 valence electrons. The molecule has 38 heavy (non-hydrogen) atoms. The van der Waals surface area contributed by atoms with Gasteiger partial charge in [0, 0.05) is 47.9 Å². The zero-order valence-electron chi connectivity index (χ0n) is 20.4. The summed E-state index contributed by atoms with van der Waals surface area (Å²) < 4.78 is 43.3. The van der Waals surface area contributed by atoms with Crippen LogP contribution in [-0.2, 0) is 0 Å². The zero-order chi connectivity index (χ0) is 27.0. The maximum atomic E-state index is 14.7. The molecule has 9 nitrogen and oxygen atoms in total. The number of carbonyl (C=O) groups is 1. The van der Waals surface area contributed by atoms with E-state index < -0.39 is 29.3 Å². The third-order valence-corrected chi connectivity index (χ3v) is 6.63. The lowest BCUT2D eigenvalue weighted by atomic mass is 10.0. The molecule has 1 aliphatic heterocycles. The molecule has 3 aromatic heterocycles. The molecular weight excluding hydrogens is 521 g/mol. The Morgan fingerprint density at radius 2 is 1.89 bits per heavy atom. The van der Waals surface area contributed by atoms with E-state index in [1.807, 2.05) is 13.8 Å². The van der Waals surface area contributed by atoms with Crippen LogP contribution in [0, 0.1) is 12.7 Å². The zero-order valence-corrected chi connectivity index (χ0v) is 21.1. The summed E-state index contributed by atoms with van der Waals surface area (Å²) in [6.45, 7) is 5.75. The van der Waals surface area contributed by atoms with E-state index in [-0.39, 0.29) is 22.5 Å². The molecule has 0 bridgehead atoms. The highest BCUT2D eigenvalue weighted by Gasteiger charge is 2.23. The number of benzene rings is 1. The summed E-state index contributed by atoms with van der Waals surface area (Å²) in [6.07, 6.45) is 5.27. The Hall–Kier alpha value is -4.06. The predicted molar refractivity (Wildman–Crippen MR) is 135 cm³/mol. The average Bonchev–Trinajstić information content (AvgIpc) is 3.32. The molecule has 1 atom stereocenters. The fourth-order valence-corrected chi connectivity index (χ4v) is 4.26. The van der Waals surface area contributed by atoms with Gasteiger partial charge in [-0.3, -0.25) is 14.5 Å². The van der Waals surface area contributed by atoms with Crippen molar-refractivity contribution in [1.82, 2.24) is 29.7 Å². The van der Waals surface area contributed by atoms with E-state index in [1.54, 1.807) is 17.1 Å². The molecule has 0 saturated carbocycles. The van der Waals surface area contributed by atoms with Crippen molar-refractivity contribution >= 4 is 29.1 Å². The van der Waals surface area contributed by atoms with Gasteiger partial charge in [-0.15, -0.1) is 0 Å². The standard InChI is InChI=1S/C25H22ClF3N8O/c1-13-17(9-31-25(33-13)36-6-3-7-36)14(2)37-12-15(8-32-37)34-24(38)20-11-30-10-19(35-20)21-16(23(28)29)4-5-18(26)22(21)27/h4-5,8-12,14,23H,3,6-7H2,1-2H3,(H,34,38)/t14-/m0/s1. The highest BCUT2D eigenvalue weighted by molar-refractivity contribution is 6.31. The maximum absolute atomic E-state index is 14.7. The van der Waals surface area contributed by atoms with E-state index in [1.165, 1.54) is 6.20 Å². The summed E-state index contributed by atoms with van der Waals surface area (Å²) in [6, 6.07) is 1.84. The SMILES string of the molecule is Cc1nc(N2CCC2)ncc1[C@H](C)n1cc(NC(=O)c2cncc(-c3c(C(F)F)ccc(Cl)c3F)n2)cn1. The van der Waals surface area contributed by atoms with Gasteiger partial charge in [0.2, 0.25) is 5.95 Å². The molecule has 0 spiro atoms. The Balaban J connectivity index is 1.34. The number of anilines is 2. The topological polar surface area (TPSA) is 102 Å². The van der Waals surface area contributed by atoms with Crippen molar-refractivity contribution in [3.63, 3.8) is 0 Å². The third-order valence-electron chi connectivity index (χ3n) is 6.34. The van der Waals surface area contributed by atoms with Crippen molar-refractivity contribution in [2.45, 2.75) is 32.7 Å². The first-order valence-electron chi connectivity index (χ1n) is 11.8. The number of rotatable bonds is 7. The lowest BCUT2D eigenvalue weighted by Gasteiger charge is -2.31. The van der Waals surface area contributed by atoms with Gasteiger partial charge in [-0.05, 0) is 26.3 Å². The number of amides is 1. The number of carbonyl (C=O) groups excluding carboxylic acids is 1. The Labute approximate surface area is 220 Å². The number of nitrogens with zero attached hydrogens (tertiary/aromatic N) is 7. The molecule has 1 aliphatic rings. The minimum absolute atomic E-state index is 0.200. The van der Waals surface area contributed by atoms with E-state index in [0.717, 1.165) is 55.3 Å². The Kier molecular flexibility index (Phi) is 6.98. The quantitative estimate of drug-likeness (QED) is 0.341. The molecule has 0 radical (unpaired) electrons. The minimum Gasteiger partial charge on any atom is -0.341 e. The summed E-state index contributed by atoms with van der Waals surface area (Å²) >= 11 is 5.80. The second kappa shape index (κ2) is 10.4. The lowest BCUT2D eigenvalue weighted by molar-refractivity contribution is 0.102. The van der Waals surface area contributed by atoms with E-state index >= 15 is 0 Å². The summed E-state index contributed by atoms with van der Waals surface area (Å²) in [4.78, 5) is 32.0. The molecule has 0 unspecified atom stereocenters. The van der Waals surface area contributed by atoms with Crippen molar-refractivity contribution < 1.29 is 18.0 Å². The van der Waals surface area contributed by atoms with Gasteiger partial charge in [-0.2, -0.15) is 5.10 Å².